The molecule has 82 valence electrons. The Kier molecular flexibility index (Phi) is 4.23. The van der Waals surface area contributed by atoms with E-state index in [2.05, 4.69) is 21.2 Å². The summed E-state index contributed by atoms with van der Waals surface area (Å²) in [6.45, 7) is 1.71. The molecule has 0 unspecified atom stereocenters. The molecule has 0 bridgehead atoms. The Morgan fingerprint density at radius 2 is 2.33 bits per heavy atom. The minimum absolute atomic E-state index is 0.193. The third kappa shape index (κ3) is 3.60. The number of carboxylic acids is 1. The van der Waals surface area contributed by atoms with E-state index in [1.807, 2.05) is 0 Å². The van der Waals surface area contributed by atoms with Gasteiger partial charge >= 0.3 is 5.97 Å². The van der Waals surface area contributed by atoms with Crippen LogP contribution in [-0.4, -0.2) is 17.1 Å². The predicted octanol–water partition coefficient (Wildman–Crippen LogP) is 2.15. The number of aliphatic carboxylic acids is 1. The third-order valence-electron chi connectivity index (χ3n) is 1.98. The minimum atomic E-state index is -0.953. The summed E-state index contributed by atoms with van der Waals surface area (Å²) in [5.74, 6) is -1.30. The Balaban J connectivity index is 2.65. The maximum Gasteiger partial charge on any atom is 0.320 e. The molecule has 2 N–H and O–H groups in total. The number of hydrogen-bond donors (Lipinski definition) is 2. The van der Waals surface area contributed by atoms with Crippen molar-refractivity contribution in [2.45, 2.75) is 19.5 Å². The smallest absolute Gasteiger partial charge is 0.320 e. The molecule has 1 aromatic carbocycles. The van der Waals surface area contributed by atoms with Crippen LogP contribution in [0.25, 0.3) is 0 Å². The van der Waals surface area contributed by atoms with Gasteiger partial charge in [-0.3, -0.25) is 4.79 Å². The second-order valence-electron chi connectivity index (χ2n) is 3.18. The SMILES string of the molecule is C[C@@H](NCc1cc(Br)ccc1F)C(=O)O. The lowest BCUT2D eigenvalue weighted by atomic mass is 10.2. The van der Waals surface area contributed by atoms with E-state index < -0.39 is 12.0 Å². The van der Waals surface area contributed by atoms with Crippen molar-refractivity contribution < 1.29 is 14.3 Å². The highest BCUT2D eigenvalue weighted by atomic mass is 79.9. The third-order valence-corrected chi connectivity index (χ3v) is 2.47. The van der Waals surface area contributed by atoms with Crippen molar-refractivity contribution in [3.63, 3.8) is 0 Å². The maximum absolute atomic E-state index is 13.2. The summed E-state index contributed by atoms with van der Waals surface area (Å²) in [6.07, 6.45) is 0. The highest BCUT2D eigenvalue weighted by molar-refractivity contribution is 9.10. The van der Waals surface area contributed by atoms with Gasteiger partial charge in [0.25, 0.3) is 0 Å². The molecule has 0 aliphatic heterocycles. The standard InChI is InChI=1S/C10H11BrFNO2/c1-6(10(14)15)13-5-7-4-8(11)2-3-9(7)12/h2-4,6,13H,5H2,1H3,(H,14,15)/t6-/m1/s1. The molecule has 3 nitrogen and oxygen atoms in total. The Morgan fingerprint density at radius 3 is 2.93 bits per heavy atom. The summed E-state index contributed by atoms with van der Waals surface area (Å²) < 4.78 is 14.0. The Labute approximate surface area is 95.4 Å². The molecule has 1 aromatic rings. The molecule has 0 heterocycles. The van der Waals surface area contributed by atoms with Gasteiger partial charge < -0.3 is 10.4 Å². The van der Waals surface area contributed by atoms with Crippen molar-refractivity contribution in [2.24, 2.45) is 0 Å². The number of carboxylic acid groups (broad SMARTS) is 1. The fourth-order valence-electron chi connectivity index (χ4n) is 1.03. The molecular weight excluding hydrogens is 265 g/mol. The van der Waals surface area contributed by atoms with E-state index in [9.17, 15) is 9.18 Å². The van der Waals surface area contributed by atoms with Crippen LogP contribution in [0, 0.1) is 5.82 Å². The van der Waals surface area contributed by atoms with Crippen LogP contribution >= 0.6 is 15.9 Å². The van der Waals surface area contributed by atoms with Gasteiger partial charge in [-0.15, -0.1) is 0 Å². The van der Waals surface area contributed by atoms with Crippen molar-refractivity contribution in [2.75, 3.05) is 0 Å². The van der Waals surface area contributed by atoms with Crippen LogP contribution in [0.4, 0.5) is 4.39 Å². The summed E-state index contributed by atoms with van der Waals surface area (Å²) in [5.41, 5.74) is 0.442. The first-order valence-electron chi connectivity index (χ1n) is 4.41. The van der Waals surface area contributed by atoms with Gasteiger partial charge in [-0.1, -0.05) is 15.9 Å². The Bertz CT molecular complexity index is 370. The van der Waals surface area contributed by atoms with E-state index in [0.717, 1.165) is 4.47 Å². The lowest BCUT2D eigenvalue weighted by molar-refractivity contribution is -0.139. The van der Waals surface area contributed by atoms with Crippen LogP contribution in [0.3, 0.4) is 0 Å². The van der Waals surface area contributed by atoms with Gasteiger partial charge in [0.2, 0.25) is 0 Å². The van der Waals surface area contributed by atoms with Gasteiger partial charge in [0.1, 0.15) is 11.9 Å². The topological polar surface area (TPSA) is 49.3 Å². The fourth-order valence-corrected chi connectivity index (χ4v) is 1.44. The number of nitrogens with one attached hydrogen (secondary N) is 1. The quantitative estimate of drug-likeness (QED) is 0.885. The van der Waals surface area contributed by atoms with E-state index >= 15 is 0 Å². The van der Waals surface area contributed by atoms with E-state index in [0.29, 0.717) is 5.56 Å². The van der Waals surface area contributed by atoms with E-state index in [4.69, 9.17) is 5.11 Å². The first-order chi connectivity index (χ1) is 7.00. The summed E-state index contributed by atoms with van der Waals surface area (Å²) >= 11 is 3.22. The zero-order chi connectivity index (χ0) is 11.4. The molecule has 1 rings (SSSR count). The molecule has 0 saturated heterocycles. The van der Waals surface area contributed by atoms with Gasteiger partial charge in [0.15, 0.2) is 0 Å². The molecule has 0 aliphatic carbocycles. The molecule has 0 fully saturated rings. The summed E-state index contributed by atoms with van der Waals surface area (Å²) in [6, 6.07) is 3.87. The average Bonchev–Trinajstić information content (AvgIpc) is 2.18. The van der Waals surface area contributed by atoms with Crippen LogP contribution in [0.5, 0.6) is 0 Å². The van der Waals surface area contributed by atoms with Gasteiger partial charge in [-0.05, 0) is 25.1 Å². The van der Waals surface area contributed by atoms with Crippen molar-refractivity contribution in [3.8, 4) is 0 Å². The molecule has 5 heteroatoms. The number of hydrogen-bond acceptors (Lipinski definition) is 2. The number of halogens is 2. The molecule has 15 heavy (non-hydrogen) atoms. The summed E-state index contributed by atoms with van der Waals surface area (Å²) in [7, 11) is 0. The minimum Gasteiger partial charge on any atom is -0.480 e. The maximum atomic E-state index is 13.2. The molecule has 0 radical (unpaired) electrons. The second kappa shape index (κ2) is 5.23. The van der Waals surface area contributed by atoms with Crippen LogP contribution in [0.15, 0.2) is 22.7 Å². The normalized spacial score (nSPS) is 12.5. The monoisotopic (exact) mass is 275 g/mol. The van der Waals surface area contributed by atoms with Gasteiger partial charge in [-0.25, -0.2) is 4.39 Å². The molecule has 0 saturated carbocycles. The molecule has 0 aliphatic rings. The van der Waals surface area contributed by atoms with Gasteiger partial charge in [-0.2, -0.15) is 0 Å². The van der Waals surface area contributed by atoms with Crippen LogP contribution in [0.1, 0.15) is 12.5 Å². The van der Waals surface area contributed by atoms with E-state index in [1.165, 1.54) is 13.0 Å². The van der Waals surface area contributed by atoms with Crippen molar-refractivity contribution >= 4 is 21.9 Å². The largest absolute Gasteiger partial charge is 0.480 e. The van der Waals surface area contributed by atoms with Crippen molar-refractivity contribution in [3.05, 3.63) is 34.1 Å². The number of carbonyl (C=O) groups is 1. The molecular formula is C10H11BrFNO2. The number of rotatable bonds is 4. The molecule has 1 atom stereocenters. The van der Waals surface area contributed by atoms with Crippen molar-refractivity contribution in [1.29, 1.82) is 0 Å². The highest BCUT2D eigenvalue weighted by Crippen LogP contribution is 2.15. The van der Waals surface area contributed by atoms with Crippen molar-refractivity contribution in [1.82, 2.24) is 5.32 Å². The van der Waals surface area contributed by atoms with Crippen LogP contribution < -0.4 is 5.32 Å². The average molecular weight is 276 g/mol. The molecule has 0 amide bonds. The predicted molar refractivity (Wildman–Crippen MR) is 58.0 cm³/mol. The summed E-state index contributed by atoms with van der Waals surface area (Å²) in [4.78, 5) is 10.5. The Morgan fingerprint density at radius 1 is 1.67 bits per heavy atom. The lowest BCUT2D eigenvalue weighted by Crippen LogP contribution is -2.33. The second-order valence-corrected chi connectivity index (χ2v) is 4.09. The van der Waals surface area contributed by atoms with E-state index in [-0.39, 0.29) is 12.4 Å². The van der Waals surface area contributed by atoms with Gasteiger partial charge in [0.05, 0.1) is 0 Å². The number of benzene rings is 1. The summed E-state index contributed by atoms with van der Waals surface area (Å²) in [5, 5.41) is 11.3. The zero-order valence-corrected chi connectivity index (χ0v) is 9.71. The van der Waals surface area contributed by atoms with Crippen LogP contribution in [-0.2, 0) is 11.3 Å². The first kappa shape index (κ1) is 12.1. The lowest BCUT2D eigenvalue weighted by Gasteiger charge is -2.09. The zero-order valence-electron chi connectivity index (χ0n) is 8.13. The first-order valence-corrected chi connectivity index (χ1v) is 5.20. The Hall–Kier alpha value is -0.940. The fraction of sp³-hybridized carbons (Fsp3) is 0.300. The van der Waals surface area contributed by atoms with E-state index in [1.54, 1.807) is 12.1 Å². The molecule has 0 aromatic heterocycles. The molecule has 0 spiro atoms. The highest BCUT2D eigenvalue weighted by Gasteiger charge is 2.10. The van der Waals surface area contributed by atoms with Crippen LogP contribution in [0.2, 0.25) is 0 Å². The van der Waals surface area contributed by atoms with Gasteiger partial charge in [0, 0.05) is 16.6 Å².